The predicted molar refractivity (Wildman–Crippen MR) is 82.1 cm³/mol. The van der Waals surface area contributed by atoms with E-state index in [1.807, 2.05) is 30.3 Å². The summed E-state index contributed by atoms with van der Waals surface area (Å²) in [4.78, 5) is 6.34. The smallest absolute Gasteiger partial charge is 0.141 e. The number of hydrogen-bond donors (Lipinski definition) is 0. The van der Waals surface area contributed by atoms with E-state index in [0.717, 1.165) is 30.9 Å². The number of halogens is 2. The van der Waals surface area contributed by atoms with Crippen molar-refractivity contribution in [1.29, 1.82) is 0 Å². The number of rotatable bonds is 6. The second-order valence-corrected chi connectivity index (χ2v) is 4.88. The Balaban J connectivity index is 2.41. The van der Waals surface area contributed by atoms with Crippen molar-refractivity contribution >= 4 is 23.1 Å². The van der Waals surface area contributed by atoms with Crippen molar-refractivity contribution in [3.8, 4) is 0 Å². The van der Waals surface area contributed by atoms with Crippen LogP contribution in [0.2, 0.25) is 0 Å². The molecule has 20 heavy (non-hydrogen) atoms. The minimum absolute atomic E-state index is 0.246. The predicted octanol–water partition coefficient (Wildman–Crippen LogP) is 4.90. The average Bonchev–Trinajstić information content (AvgIpc) is 2.49. The fourth-order valence-corrected chi connectivity index (χ4v) is 2.29. The molecular weight excluding hydrogens is 275 g/mol. The van der Waals surface area contributed by atoms with Gasteiger partial charge in [-0.15, -0.1) is 11.6 Å². The van der Waals surface area contributed by atoms with Gasteiger partial charge in [0.15, 0.2) is 0 Å². The number of pyridine rings is 1. The number of aromatic nitrogens is 1. The highest BCUT2D eigenvalue weighted by Crippen LogP contribution is 2.28. The zero-order valence-electron chi connectivity index (χ0n) is 11.5. The van der Waals surface area contributed by atoms with Crippen LogP contribution in [0.5, 0.6) is 0 Å². The molecule has 106 valence electrons. The molecule has 0 saturated carbocycles. The Bertz CT molecular complexity index is 545. The van der Waals surface area contributed by atoms with Crippen LogP contribution in [0.15, 0.2) is 42.6 Å². The van der Waals surface area contributed by atoms with Crippen LogP contribution in [0, 0.1) is 5.82 Å². The second-order valence-electron chi connectivity index (χ2n) is 4.61. The van der Waals surface area contributed by atoms with E-state index < -0.39 is 0 Å². The maximum atomic E-state index is 13.3. The van der Waals surface area contributed by atoms with Gasteiger partial charge in [-0.05, 0) is 24.6 Å². The van der Waals surface area contributed by atoms with Crippen molar-refractivity contribution in [2.24, 2.45) is 0 Å². The first-order chi connectivity index (χ1) is 9.76. The van der Waals surface area contributed by atoms with Crippen LogP contribution in [0.25, 0.3) is 0 Å². The molecule has 0 amide bonds. The van der Waals surface area contributed by atoms with Crippen LogP contribution in [0.1, 0.15) is 25.3 Å². The van der Waals surface area contributed by atoms with Gasteiger partial charge in [0, 0.05) is 17.8 Å². The molecular formula is C16H18ClFN2. The monoisotopic (exact) mass is 292 g/mol. The van der Waals surface area contributed by atoms with Crippen LogP contribution < -0.4 is 4.90 Å². The Hall–Kier alpha value is -1.61. The minimum Gasteiger partial charge on any atom is -0.326 e. The van der Waals surface area contributed by atoms with Crippen molar-refractivity contribution in [2.75, 3.05) is 11.4 Å². The Morgan fingerprint density at radius 1 is 1.25 bits per heavy atom. The van der Waals surface area contributed by atoms with Gasteiger partial charge in [-0.2, -0.15) is 0 Å². The lowest BCUT2D eigenvalue weighted by atomic mass is 10.2. The van der Waals surface area contributed by atoms with E-state index in [1.54, 1.807) is 0 Å². The van der Waals surface area contributed by atoms with Gasteiger partial charge in [0.1, 0.15) is 11.6 Å². The number of nitrogens with zero attached hydrogens (tertiary/aromatic N) is 2. The van der Waals surface area contributed by atoms with Crippen molar-refractivity contribution in [1.82, 2.24) is 4.98 Å². The van der Waals surface area contributed by atoms with E-state index in [0.29, 0.717) is 5.56 Å². The van der Waals surface area contributed by atoms with Gasteiger partial charge in [0.05, 0.1) is 12.1 Å². The Kier molecular flexibility index (Phi) is 5.36. The topological polar surface area (TPSA) is 16.1 Å². The van der Waals surface area contributed by atoms with E-state index in [2.05, 4.69) is 16.8 Å². The Labute approximate surface area is 124 Å². The summed E-state index contributed by atoms with van der Waals surface area (Å²) in [5.74, 6) is 0.629. The van der Waals surface area contributed by atoms with Crippen LogP contribution in [-0.4, -0.2) is 11.5 Å². The molecule has 1 heterocycles. The highest BCUT2D eigenvalue weighted by molar-refractivity contribution is 6.17. The van der Waals surface area contributed by atoms with E-state index in [9.17, 15) is 4.39 Å². The summed E-state index contributed by atoms with van der Waals surface area (Å²) < 4.78 is 13.3. The van der Waals surface area contributed by atoms with Crippen LogP contribution in [-0.2, 0) is 5.88 Å². The lowest BCUT2D eigenvalue weighted by Gasteiger charge is -2.25. The summed E-state index contributed by atoms with van der Waals surface area (Å²) in [7, 11) is 0. The molecule has 0 aliphatic heterocycles. The lowest BCUT2D eigenvalue weighted by molar-refractivity contribution is 0.619. The molecule has 1 aromatic heterocycles. The molecule has 0 bridgehead atoms. The third-order valence-corrected chi connectivity index (χ3v) is 3.40. The standard InChI is InChI=1S/C16H18ClFN2/c1-2-3-9-20(15-7-5-4-6-8-15)16-13(11-17)10-14(18)12-19-16/h4-8,10,12H,2-3,9,11H2,1H3. The van der Waals surface area contributed by atoms with Crippen LogP contribution >= 0.6 is 11.6 Å². The third-order valence-electron chi connectivity index (χ3n) is 3.11. The first-order valence-electron chi connectivity index (χ1n) is 6.79. The van der Waals surface area contributed by atoms with Crippen molar-refractivity contribution in [3.05, 3.63) is 54.0 Å². The summed E-state index contributed by atoms with van der Waals surface area (Å²) in [5.41, 5.74) is 1.76. The van der Waals surface area contributed by atoms with Gasteiger partial charge < -0.3 is 4.90 Å². The summed E-state index contributed by atoms with van der Waals surface area (Å²) in [5, 5.41) is 0. The van der Waals surface area contributed by atoms with Gasteiger partial charge in [0.2, 0.25) is 0 Å². The van der Waals surface area contributed by atoms with E-state index in [-0.39, 0.29) is 11.7 Å². The third kappa shape index (κ3) is 3.48. The van der Waals surface area contributed by atoms with E-state index in [1.165, 1.54) is 12.3 Å². The molecule has 0 aliphatic rings. The normalized spacial score (nSPS) is 10.6. The van der Waals surface area contributed by atoms with Gasteiger partial charge in [0.25, 0.3) is 0 Å². The zero-order valence-corrected chi connectivity index (χ0v) is 12.3. The zero-order chi connectivity index (χ0) is 14.4. The van der Waals surface area contributed by atoms with Gasteiger partial charge in [-0.3, -0.25) is 0 Å². The molecule has 1 aromatic carbocycles. The number of benzene rings is 1. The molecule has 0 atom stereocenters. The molecule has 0 saturated heterocycles. The summed E-state index contributed by atoms with van der Waals surface area (Å²) in [6.07, 6.45) is 3.36. The SMILES string of the molecule is CCCCN(c1ccccc1)c1ncc(F)cc1CCl. The van der Waals surface area contributed by atoms with Crippen molar-refractivity contribution in [3.63, 3.8) is 0 Å². The Morgan fingerprint density at radius 3 is 2.65 bits per heavy atom. The molecule has 2 nitrogen and oxygen atoms in total. The highest BCUT2D eigenvalue weighted by Gasteiger charge is 2.14. The largest absolute Gasteiger partial charge is 0.326 e. The van der Waals surface area contributed by atoms with Crippen molar-refractivity contribution in [2.45, 2.75) is 25.6 Å². The lowest BCUT2D eigenvalue weighted by Crippen LogP contribution is -2.21. The molecule has 0 radical (unpaired) electrons. The molecule has 0 spiro atoms. The summed E-state index contributed by atoms with van der Waals surface area (Å²) >= 11 is 5.94. The molecule has 0 fully saturated rings. The number of anilines is 2. The first-order valence-corrected chi connectivity index (χ1v) is 7.32. The van der Waals surface area contributed by atoms with Crippen molar-refractivity contribution < 1.29 is 4.39 Å². The fraction of sp³-hybridized carbons (Fsp3) is 0.312. The quantitative estimate of drug-likeness (QED) is 0.704. The number of hydrogen-bond acceptors (Lipinski definition) is 2. The van der Waals surface area contributed by atoms with E-state index >= 15 is 0 Å². The van der Waals surface area contributed by atoms with Crippen LogP contribution in [0.4, 0.5) is 15.9 Å². The molecule has 0 aliphatic carbocycles. The van der Waals surface area contributed by atoms with Gasteiger partial charge >= 0.3 is 0 Å². The van der Waals surface area contributed by atoms with Gasteiger partial charge in [-0.25, -0.2) is 9.37 Å². The maximum absolute atomic E-state index is 13.3. The number of para-hydroxylation sites is 1. The number of unbranched alkanes of at least 4 members (excludes halogenated alkanes) is 1. The minimum atomic E-state index is -0.354. The second kappa shape index (κ2) is 7.25. The molecule has 2 aromatic rings. The van der Waals surface area contributed by atoms with E-state index in [4.69, 9.17) is 11.6 Å². The maximum Gasteiger partial charge on any atom is 0.141 e. The fourth-order valence-electron chi connectivity index (χ4n) is 2.10. The highest BCUT2D eigenvalue weighted by atomic mass is 35.5. The summed E-state index contributed by atoms with van der Waals surface area (Å²) in [6, 6.07) is 11.5. The molecule has 0 N–H and O–H groups in total. The molecule has 2 rings (SSSR count). The first kappa shape index (κ1) is 14.8. The Morgan fingerprint density at radius 2 is 2.00 bits per heavy atom. The van der Waals surface area contributed by atoms with Gasteiger partial charge in [-0.1, -0.05) is 31.5 Å². The average molecular weight is 293 g/mol. The molecule has 4 heteroatoms. The van der Waals surface area contributed by atoms with Crippen LogP contribution in [0.3, 0.4) is 0 Å². The number of alkyl halides is 1. The summed E-state index contributed by atoms with van der Waals surface area (Å²) in [6.45, 7) is 2.98. The molecule has 0 unspecified atom stereocenters.